The Kier molecular flexibility index (Phi) is 4.38. The summed E-state index contributed by atoms with van der Waals surface area (Å²) in [5.74, 6) is 1.02. The van der Waals surface area contributed by atoms with Gasteiger partial charge in [0, 0.05) is 10.0 Å². The lowest BCUT2D eigenvalue weighted by Crippen LogP contribution is -1.81. The Morgan fingerprint density at radius 3 is 3.06 bits per heavy atom. The molecule has 0 amide bonds. The largest absolute Gasteiger partial charge is 0.333 e. The van der Waals surface area contributed by atoms with Gasteiger partial charge in [0.25, 0.3) is 5.89 Å². The van der Waals surface area contributed by atoms with Crippen molar-refractivity contribution in [2.75, 3.05) is 0 Å². The van der Waals surface area contributed by atoms with Crippen LogP contribution in [0.4, 0.5) is 0 Å². The molecule has 0 aliphatic rings. The second-order valence-corrected chi connectivity index (χ2v) is 5.36. The Morgan fingerprint density at radius 2 is 2.33 bits per heavy atom. The number of allylic oxidation sites excluding steroid dienone is 1. The van der Waals surface area contributed by atoms with Crippen LogP contribution in [0, 0.1) is 0 Å². The van der Waals surface area contributed by atoms with Gasteiger partial charge in [-0.3, -0.25) is 0 Å². The van der Waals surface area contributed by atoms with E-state index in [-0.39, 0.29) is 0 Å². The van der Waals surface area contributed by atoms with E-state index < -0.39 is 0 Å². The first-order chi connectivity index (χ1) is 8.70. The molecule has 18 heavy (non-hydrogen) atoms. The van der Waals surface area contributed by atoms with Gasteiger partial charge < -0.3 is 4.52 Å². The highest BCUT2D eigenvalue weighted by atomic mass is 79.9. The number of nitrogens with zero attached hydrogens (tertiary/aromatic N) is 2. The highest BCUT2D eigenvalue weighted by molar-refractivity contribution is 9.10. The van der Waals surface area contributed by atoms with Gasteiger partial charge in [-0.2, -0.15) is 4.98 Å². The van der Waals surface area contributed by atoms with Crippen LogP contribution in [-0.4, -0.2) is 10.1 Å². The molecule has 3 nitrogen and oxygen atoms in total. The molecular weight excluding hydrogens is 312 g/mol. The molecule has 0 radical (unpaired) electrons. The first kappa shape index (κ1) is 13.1. The van der Waals surface area contributed by atoms with Crippen LogP contribution in [0.2, 0.25) is 0 Å². The van der Waals surface area contributed by atoms with Crippen LogP contribution in [0.5, 0.6) is 0 Å². The second-order valence-electron chi connectivity index (χ2n) is 3.44. The highest BCUT2D eigenvalue weighted by Crippen LogP contribution is 2.27. The zero-order valence-corrected chi connectivity index (χ0v) is 12.2. The molecule has 92 valence electrons. The number of halogens is 1. The highest BCUT2D eigenvalue weighted by Gasteiger charge is 2.11. The molecule has 0 bridgehead atoms. The number of rotatable bonds is 4. The van der Waals surface area contributed by atoms with Gasteiger partial charge in [0.2, 0.25) is 5.82 Å². The first-order valence-electron chi connectivity index (χ1n) is 5.27. The van der Waals surface area contributed by atoms with Crippen molar-refractivity contribution in [3.8, 4) is 11.4 Å². The van der Waals surface area contributed by atoms with Crippen molar-refractivity contribution >= 4 is 32.6 Å². The SMILES string of the molecule is C=C(S/C=C\C)c1nc(-c2cccc(Br)c2)no1. The van der Waals surface area contributed by atoms with E-state index in [1.807, 2.05) is 42.7 Å². The molecule has 0 aliphatic carbocycles. The number of aromatic nitrogens is 2. The van der Waals surface area contributed by atoms with Crippen molar-refractivity contribution in [3.63, 3.8) is 0 Å². The van der Waals surface area contributed by atoms with Gasteiger partial charge >= 0.3 is 0 Å². The van der Waals surface area contributed by atoms with Gasteiger partial charge in [0.05, 0.1) is 4.91 Å². The van der Waals surface area contributed by atoms with E-state index >= 15 is 0 Å². The molecule has 0 N–H and O–H groups in total. The standard InChI is InChI=1S/C13H11BrN2OS/c1-3-7-18-9(2)13-15-12(16-17-13)10-5-4-6-11(14)8-10/h3-8H,2H2,1H3/b7-3-. The molecule has 0 saturated heterocycles. The topological polar surface area (TPSA) is 38.9 Å². The quantitative estimate of drug-likeness (QED) is 0.815. The molecule has 1 aromatic carbocycles. The first-order valence-corrected chi connectivity index (χ1v) is 6.94. The minimum Gasteiger partial charge on any atom is -0.333 e. The molecule has 0 fully saturated rings. The minimum absolute atomic E-state index is 0.452. The van der Waals surface area contributed by atoms with E-state index in [2.05, 4.69) is 32.6 Å². The third kappa shape index (κ3) is 3.11. The van der Waals surface area contributed by atoms with Gasteiger partial charge in [-0.15, -0.1) is 0 Å². The summed E-state index contributed by atoms with van der Waals surface area (Å²) in [5.41, 5.74) is 0.906. The van der Waals surface area contributed by atoms with Crippen LogP contribution in [0.15, 0.2) is 51.3 Å². The summed E-state index contributed by atoms with van der Waals surface area (Å²) in [4.78, 5) is 5.06. The van der Waals surface area contributed by atoms with Crippen molar-refractivity contribution < 1.29 is 4.52 Å². The lowest BCUT2D eigenvalue weighted by Gasteiger charge is -1.94. The van der Waals surface area contributed by atoms with Gasteiger partial charge in [0.15, 0.2) is 0 Å². The van der Waals surface area contributed by atoms with E-state index in [9.17, 15) is 0 Å². The molecule has 2 rings (SSSR count). The fraction of sp³-hybridized carbons (Fsp3) is 0.0769. The molecule has 0 atom stereocenters. The van der Waals surface area contributed by atoms with Crippen LogP contribution in [0.1, 0.15) is 12.8 Å². The average Bonchev–Trinajstić information content (AvgIpc) is 2.85. The third-order valence-electron chi connectivity index (χ3n) is 2.09. The number of thioether (sulfide) groups is 1. The normalized spacial score (nSPS) is 11.0. The Balaban J connectivity index is 2.23. The maximum Gasteiger partial charge on any atom is 0.264 e. The van der Waals surface area contributed by atoms with Crippen molar-refractivity contribution in [2.24, 2.45) is 0 Å². The predicted octanol–water partition coefficient (Wildman–Crippen LogP) is 4.74. The van der Waals surface area contributed by atoms with E-state index in [1.54, 1.807) is 0 Å². The summed E-state index contributed by atoms with van der Waals surface area (Å²) >= 11 is 4.87. The maximum atomic E-state index is 5.19. The predicted molar refractivity (Wildman–Crippen MR) is 78.9 cm³/mol. The van der Waals surface area contributed by atoms with Crippen molar-refractivity contribution in [1.82, 2.24) is 10.1 Å². The Labute approximate surface area is 118 Å². The van der Waals surface area contributed by atoms with E-state index in [0.29, 0.717) is 11.7 Å². The molecule has 0 aliphatic heterocycles. The third-order valence-corrected chi connectivity index (χ3v) is 3.45. The summed E-state index contributed by atoms with van der Waals surface area (Å²) in [6.45, 7) is 5.84. The zero-order valence-electron chi connectivity index (χ0n) is 9.76. The number of benzene rings is 1. The van der Waals surface area contributed by atoms with Gasteiger partial charge in [0.1, 0.15) is 0 Å². The fourth-order valence-corrected chi connectivity index (χ4v) is 2.17. The Morgan fingerprint density at radius 1 is 1.50 bits per heavy atom. The molecule has 1 aromatic heterocycles. The molecule has 0 unspecified atom stereocenters. The molecular formula is C13H11BrN2OS. The Bertz CT molecular complexity index is 592. The van der Waals surface area contributed by atoms with Crippen LogP contribution in [-0.2, 0) is 0 Å². The molecule has 2 aromatic rings. The monoisotopic (exact) mass is 322 g/mol. The molecule has 0 saturated carbocycles. The van der Waals surface area contributed by atoms with Crippen LogP contribution in [0.25, 0.3) is 16.3 Å². The van der Waals surface area contributed by atoms with Crippen LogP contribution < -0.4 is 0 Å². The smallest absolute Gasteiger partial charge is 0.264 e. The maximum absolute atomic E-state index is 5.19. The number of hydrogen-bond acceptors (Lipinski definition) is 4. The molecule has 1 heterocycles. The van der Waals surface area contributed by atoms with Crippen molar-refractivity contribution in [2.45, 2.75) is 6.92 Å². The van der Waals surface area contributed by atoms with Crippen molar-refractivity contribution in [3.05, 3.63) is 52.7 Å². The summed E-state index contributed by atoms with van der Waals surface area (Å²) in [6.07, 6.45) is 1.93. The summed E-state index contributed by atoms with van der Waals surface area (Å²) < 4.78 is 6.17. The van der Waals surface area contributed by atoms with E-state index in [0.717, 1.165) is 14.9 Å². The van der Waals surface area contributed by atoms with Gasteiger partial charge in [-0.25, -0.2) is 0 Å². The summed E-state index contributed by atoms with van der Waals surface area (Å²) in [7, 11) is 0. The van der Waals surface area contributed by atoms with Gasteiger partial charge in [-0.05, 0) is 24.5 Å². The van der Waals surface area contributed by atoms with Crippen LogP contribution >= 0.6 is 27.7 Å². The van der Waals surface area contributed by atoms with Gasteiger partial charge in [-0.1, -0.05) is 57.6 Å². The lowest BCUT2D eigenvalue weighted by molar-refractivity contribution is 0.410. The van der Waals surface area contributed by atoms with E-state index in [1.165, 1.54) is 11.8 Å². The summed E-state index contributed by atoms with van der Waals surface area (Å²) in [6, 6.07) is 7.75. The second kappa shape index (κ2) is 6.02. The lowest BCUT2D eigenvalue weighted by atomic mass is 10.2. The zero-order chi connectivity index (χ0) is 13.0. The number of hydrogen-bond donors (Lipinski definition) is 0. The van der Waals surface area contributed by atoms with E-state index in [4.69, 9.17) is 4.52 Å². The Hall–Kier alpha value is -1.33. The molecule has 5 heteroatoms. The average molecular weight is 323 g/mol. The summed E-state index contributed by atoms with van der Waals surface area (Å²) in [5, 5.41) is 5.87. The van der Waals surface area contributed by atoms with Crippen molar-refractivity contribution in [1.29, 1.82) is 0 Å². The minimum atomic E-state index is 0.452. The molecule has 0 spiro atoms. The fourth-order valence-electron chi connectivity index (χ4n) is 1.28. The van der Waals surface area contributed by atoms with Crippen LogP contribution in [0.3, 0.4) is 0 Å².